The lowest BCUT2D eigenvalue weighted by Gasteiger charge is -2.56. The summed E-state index contributed by atoms with van der Waals surface area (Å²) in [6.07, 6.45) is 11.2. The van der Waals surface area contributed by atoms with E-state index in [-0.39, 0.29) is 30.1 Å². The van der Waals surface area contributed by atoms with Crippen molar-refractivity contribution in [1.82, 2.24) is 0 Å². The summed E-state index contributed by atoms with van der Waals surface area (Å²) in [5, 5.41) is 19.1. The number of carbonyl (C=O) groups is 2. The normalized spacial score (nSPS) is 38.7. The first-order chi connectivity index (χ1) is 12.9. The fourth-order valence-electron chi connectivity index (χ4n) is 6.73. The zero-order chi connectivity index (χ0) is 19.6. The zero-order valence-electron chi connectivity index (χ0n) is 17.0. The molecule has 6 atom stereocenters. The molecule has 0 aromatic rings. The molecule has 0 aromatic carbocycles. The number of hydrogen-bond donors (Lipinski definition) is 2. The number of carbonyl (C=O) groups excluding carboxylic acids is 1. The summed E-state index contributed by atoms with van der Waals surface area (Å²) >= 11 is 0. The highest BCUT2D eigenvalue weighted by atomic mass is 16.4. The maximum atomic E-state index is 12.0. The van der Waals surface area contributed by atoms with Gasteiger partial charge in [-0.15, -0.1) is 0 Å². The van der Waals surface area contributed by atoms with E-state index in [2.05, 4.69) is 13.8 Å². The molecule has 0 bridgehead atoms. The van der Waals surface area contributed by atoms with Gasteiger partial charge >= 0.3 is 5.97 Å². The fraction of sp³-hybridized carbons (Fsp3) is 0.826. The van der Waals surface area contributed by atoms with Gasteiger partial charge in [0.05, 0.1) is 0 Å². The van der Waals surface area contributed by atoms with Crippen LogP contribution in [0.15, 0.2) is 11.6 Å². The molecule has 0 aliphatic heterocycles. The quantitative estimate of drug-likeness (QED) is 0.680. The molecule has 4 heteroatoms. The van der Waals surface area contributed by atoms with Gasteiger partial charge in [0.15, 0.2) is 5.78 Å². The first kappa shape index (κ1) is 20.6. The van der Waals surface area contributed by atoms with Gasteiger partial charge in [-0.05, 0) is 80.1 Å². The van der Waals surface area contributed by atoms with Crippen molar-refractivity contribution in [3.63, 3.8) is 0 Å². The standard InChI is InChI=1S/C23H36O4/c1-3-5-21-20-12-15(14-24)19-13-16(25)7-8-17(19)18(20)9-11-23(21,2)10-4-6-22(26)27/h13,15,17-18,20-21,24H,3-12,14H2,1-2H3,(H,26,27). The van der Waals surface area contributed by atoms with Crippen LogP contribution in [-0.4, -0.2) is 28.6 Å². The van der Waals surface area contributed by atoms with E-state index in [1.54, 1.807) is 0 Å². The van der Waals surface area contributed by atoms with Crippen molar-refractivity contribution >= 4 is 11.8 Å². The molecular formula is C23H36O4. The summed E-state index contributed by atoms with van der Waals surface area (Å²) < 4.78 is 0. The number of allylic oxidation sites excluding steroid dienone is 1. The molecule has 0 amide bonds. The molecule has 152 valence electrons. The smallest absolute Gasteiger partial charge is 0.303 e. The van der Waals surface area contributed by atoms with Crippen molar-refractivity contribution in [2.24, 2.45) is 35.0 Å². The van der Waals surface area contributed by atoms with E-state index in [0.29, 0.717) is 30.1 Å². The van der Waals surface area contributed by atoms with E-state index in [9.17, 15) is 14.7 Å². The van der Waals surface area contributed by atoms with E-state index in [1.807, 2.05) is 6.08 Å². The van der Waals surface area contributed by atoms with Gasteiger partial charge in [0.1, 0.15) is 0 Å². The molecule has 0 heterocycles. The van der Waals surface area contributed by atoms with Gasteiger partial charge < -0.3 is 10.2 Å². The molecule has 4 nitrogen and oxygen atoms in total. The second-order valence-corrected chi connectivity index (χ2v) is 9.53. The number of fused-ring (bicyclic) bond motifs is 3. The lowest BCUT2D eigenvalue weighted by atomic mass is 9.48. The largest absolute Gasteiger partial charge is 0.481 e. The lowest BCUT2D eigenvalue weighted by Crippen LogP contribution is -2.49. The van der Waals surface area contributed by atoms with Crippen LogP contribution < -0.4 is 0 Å². The molecule has 2 saturated carbocycles. The van der Waals surface area contributed by atoms with Gasteiger partial charge in [-0.1, -0.05) is 25.8 Å². The second kappa shape index (κ2) is 8.46. The third-order valence-electron chi connectivity index (χ3n) is 7.97. The predicted octanol–water partition coefficient (Wildman–Crippen LogP) is 4.61. The van der Waals surface area contributed by atoms with Crippen LogP contribution in [0.25, 0.3) is 0 Å². The Bertz CT molecular complexity index is 595. The van der Waals surface area contributed by atoms with Gasteiger partial charge in [0.25, 0.3) is 0 Å². The maximum Gasteiger partial charge on any atom is 0.303 e. The number of carboxylic acid groups (broad SMARTS) is 1. The lowest BCUT2D eigenvalue weighted by molar-refractivity contribution is -0.137. The van der Waals surface area contributed by atoms with E-state index in [4.69, 9.17) is 5.11 Å². The second-order valence-electron chi connectivity index (χ2n) is 9.53. The Morgan fingerprint density at radius 2 is 2.07 bits per heavy atom. The highest BCUT2D eigenvalue weighted by molar-refractivity contribution is 5.91. The van der Waals surface area contributed by atoms with Crippen LogP contribution >= 0.6 is 0 Å². The molecule has 6 unspecified atom stereocenters. The number of aliphatic hydroxyl groups is 1. The Kier molecular flexibility index (Phi) is 6.45. The summed E-state index contributed by atoms with van der Waals surface area (Å²) in [6.45, 7) is 4.78. The van der Waals surface area contributed by atoms with Crippen LogP contribution in [0.5, 0.6) is 0 Å². The van der Waals surface area contributed by atoms with Crippen LogP contribution in [0.1, 0.15) is 78.1 Å². The van der Waals surface area contributed by atoms with Gasteiger partial charge in [-0.3, -0.25) is 9.59 Å². The summed E-state index contributed by atoms with van der Waals surface area (Å²) in [6, 6.07) is 0. The number of aliphatic hydroxyl groups excluding tert-OH is 1. The van der Waals surface area contributed by atoms with Crippen LogP contribution in [0.4, 0.5) is 0 Å². The van der Waals surface area contributed by atoms with E-state index < -0.39 is 5.97 Å². The number of carboxylic acids is 1. The monoisotopic (exact) mass is 376 g/mol. The Labute approximate surface area is 163 Å². The summed E-state index contributed by atoms with van der Waals surface area (Å²) in [4.78, 5) is 23.0. The van der Waals surface area contributed by atoms with Crippen LogP contribution in [0, 0.1) is 35.0 Å². The highest BCUT2D eigenvalue weighted by Gasteiger charge is 2.52. The molecule has 0 radical (unpaired) electrons. The van der Waals surface area contributed by atoms with Crippen molar-refractivity contribution in [2.75, 3.05) is 6.61 Å². The number of aliphatic carboxylic acids is 1. The number of hydrogen-bond acceptors (Lipinski definition) is 3. The zero-order valence-corrected chi connectivity index (χ0v) is 17.0. The van der Waals surface area contributed by atoms with Crippen molar-refractivity contribution in [3.05, 3.63) is 11.6 Å². The minimum atomic E-state index is -0.695. The molecule has 2 N–H and O–H groups in total. The fourth-order valence-corrected chi connectivity index (χ4v) is 6.73. The Morgan fingerprint density at radius 1 is 1.30 bits per heavy atom. The topological polar surface area (TPSA) is 74.6 Å². The maximum absolute atomic E-state index is 12.0. The van der Waals surface area contributed by atoms with Crippen LogP contribution in [-0.2, 0) is 9.59 Å². The van der Waals surface area contributed by atoms with Crippen LogP contribution in [0.3, 0.4) is 0 Å². The van der Waals surface area contributed by atoms with E-state index >= 15 is 0 Å². The summed E-state index contributed by atoms with van der Waals surface area (Å²) in [5.41, 5.74) is 1.44. The van der Waals surface area contributed by atoms with E-state index in [0.717, 1.165) is 32.1 Å². The highest BCUT2D eigenvalue weighted by Crippen LogP contribution is 2.60. The molecule has 3 aliphatic rings. The van der Waals surface area contributed by atoms with Gasteiger partial charge in [0, 0.05) is 25.4 Å². The minimum Gasteiger partial charge on any atom is -0.481 e. The molecule has 3 aliphatic carbocycles. The summed E-state index contributed by atoms with van der Waals surface area (Å²) in [7, 11) is 0. The first-order valence-corrected chi connectivity index (χ1v) is 11.0. The molecule has 2 fully saturated rings. The summed E-state index contributed by atoms with van der Waals surface area (Å²) in [5.74, 6) is 1.99. The molecule has 0 aromatic heterocycles. The SMILES string of the molecule is CCCC1C2CC(CO)C3=CC(=O)CCC3C2CCC1(C)CCCC(=O)O. The first-order valence-electron chi connectivity index (χ1n) is 11.0. The van der Waals surface area contributed by atoms with E-state index in [1.165, 1.54) is 24.8 Å². The van der Waals surface area contributed by atoms with Crippen molar-refractivity contribution in [3.8, 4) is 0 Å². The average Bonchev–Trinajstić information content (AvgIpc) is 2.63. The molecular weight excluding hydrogens is 340 g/mol. The van der Waals surface area contributed by atoms with Gasteiger partial charge in [0.2, 0.25) is 0 Å². The number of ketones is 1. The van der Waals surface area contributed by atoms with Crippen LogP contribution in [0.2, 0.25) is 0 Å². The Morgan fingerprint density at radius 3 is 2.74 bits per heavy atom. The van der Waals surface area contributed by atoms with Gasteiger partial charge in [-0.25, -0.2) is 0 Å². The van der Waals surface area contributed by atoms with Crippen molar-refractivity contribution < 1.29 is 19.8 Å². The van der Waals surface area contributed by atoms with Crippen molar-refractivity contribution in [2.45, 2.75) is 78.1 Å². The average molecular weight is 377 g/mol. The molecule has 0 spiro atoms. The minimum absolute atomic E-state index is 0.140. The molecule has 0 saturated heterocycles. The third-order valence-corrected chi connectivity index (χ3v) is 7.97. The Hall–Kier alpha value is -1.16. The third kappa shape index (κ3) is 4.16. The predicted molar refractivity (Wildman–Crippen MR) is 105 cm³/mol. The van der Waals surface area contributed by atoms with Crippen molar-refractivity contribution in [1.29, 1.82) is 0 Å². The Balaban J connectivity index is 1.84. The molecule has 3 rings (SSSR count). The number of rotatable bonds is 7. The van der Waals surface area contributed by atoms with Gasteiger partial charge in [-0.2, -0.15) is 0 Å². The molecule has 27 heavy (non-hydrogen) atoms.